The molecular formula is C9H6Br2N2O2. The van der Waals surface area contributed by atoms with Gasteiger partial charge < -0.3 is 0 Å². The van der Waals surface area contributed by atoms with Crippen LogP contribution in [-0.2, 0) is 11.9 Å². The van der Waals surface area contributed by atoms with Crippen LogP contribution in [0, 0.1) is 10.1 Å². The number of nitrogens with zero attached hydrogens (tertiary/aromatic N) is 2. The molecule has 2 rings (SSSR count). The van der Waals surface area contributed by atoms with E-state index in [0.717, 1.165) is 11.1 Å². The van der Waals surface area contributed by atoms with Crippen LogP contribution >= 0.6 is 31.9 Å². The molecule has 0 saturated heterocycles. The Morgan fingerprint density at radius 3 is 2.87 bits per heavy atom. The number of rotatable bonds is 2. The van der Waals surface area contributed by atoms with Gasteiger partial charge in [0, 0.05) is 22.5 Å². The topological polar surface area (TPSA) is 55.5 Å². The number of alkyl halides is 1. The summed E-state index contributed by atoms with van der Waals surface area (Å²) >= 11 is 6.53. The van der Waals surface area contributed by atoms with Crippen molar-refractivity contribution in [2.75, 3.05) is 0 Å². The van der Waals surface area contributed by atoms with E-state index in [1.54, 1.807) is 6.07 Å². The normalized spacial score (nSPS) is 13.6. The molecular weight excluding hydrogens is 328 g/mol. The Hall–Kier alpha value is -0.750. The molecule has 0 spiro atoms. The molecule has 0 unspecified atom stereocenters. The number of benzene rings is 1. The fourth-order valence-corrected chi connectivity index (χ4v) is 2.47. The number of nitro groups is 1. The smallest absolute Gasteiger partial charge is 0.272 e. The largest absolute Gasteiger partial charge is 0.274 e. The van der Waals surface area contributed by atoms with Gasteiger partial charge in [-0.15, -0.1) is 0 Å². The SMILES string of the molecule is O=[N+]([O-])c1cc2c(cc1CBr)CN=C2Br. The summed E-state index contributed by atoms with van der Waals surface area (Å²) in [5.74, 6) is 0. The molecule has 1 aliphatic heterocycles. The third-order valence-electron chi connectivity index (χ3n) is 2.26. The molecule has 0 amide bonds. The Morgan fingerprint density at radius 1 is 1.53 bits per heavy atom. The molecule has 1 heterocycles. The van der Waals surface area contributed by atoms with Gasteiger partial charge in [0.1, 0.15) is 4.62 Å². The maximum atomic E-state index is 10.8. The van der Waals surface area contributed by atoms with E-state index in [1.165, 1.54) is 0 Å². The third-order valence-corrected chi connectivity index (χ3v) is 3.54. The predicted molar refractivity (Wildman–Crippen MR) is 64.9 cm³/mol. The van der Waals surface area contributed by atoms with Crippen LogP contribution < -0.4 is 0 Å². The summed E-state index contributed by atoms with van der Waals surface area (Å²) in [5.41, 5.74) is 2.68. The lowest BCUT2D eigenvalue weighted by Gasteiger charge is -2.03. The molecule has 1 aliphatic rings. The van der Waals surface area contributed by atoms with Gasteiger partial charge in [0.05, 0.1) is 11.5 Å². The summed E-state index contributed by atoms with van der Waals surface area (Å²) in [4.78, 5) is 14.6. The van der Waals surface area contributed by atoms with Crippen LogP contribution in [0.5, 0.6) is 0 Å². The number of hydrogen-bond acceptors (Lipinski definition) is 3. The highest BCUT2D eigenvalue weighted by molar-refractivity contribution is 9.18. The van der Waals surface area contributed by atoms with Gasteiger partial charge >= 0.3 is 0 Å². The van der Waals surface area contributed by atoms with Crippen LogP contribution in [0.2, 0.25) is 0 Å². The average Bonchev–Trinajstić information content (AvgIpc) is 2.58. The molecule has 0 fully saturated rings. The molecule has 0 N–H and O–H groups in total. The monoisotopic (exact) mass is 332 g/mol. The standard InChI is InChI=1S/C9H6Br2N2O2/c10-3-5-1-6-4-12-9(11)7(6)2-8(5)13(14)15/h1-2H,3-4H2. The molecule has 0 bridgehead atoms. The molecule has 0 aliphatic carbocycles. The maximum Gasteiger partial charge on any atom is 0.274 e. The van der Waals surface area contributed by atoms with Crippen LogP contribution in [0.3, 0.4) is 0 Å². The first kappa shape index (κ1) is 10.8. The first-order chi connectivity index (χ1) is 7.13. The van der Waals surface area contributed by atoms with Crippen molar-refractivity contribution in [1.82, 2.24) is 0 Å². The third kappa shape index (κ3) is 1.83. The Balaban J connectivity index is 2.60. The molecule has 0 atom stereocenters. The molecule has 0 radical (unpaired) electrons. The number of fused-ring (bicyclic) bond motifs is 1. The van der Waals surface area contributed by atoms with Gasteiger partial charge in [-0.05, 0) is 27.6 Å². The van der Waals surface area contributed by atoms with Crippen LogP contribution in [0.15, 0.2) is 17.1 Å². The lowest BCUT2D eigenvalue weighted by Crippen LogP contribution is -1.98. The zero-order valence-corrected chi connectivity index (χ0v) is 10.7. The molecule has 0 saturated carbocycles. The fourth-order valence-electron chi connectivity index (χ4n) is 1.52. The van der Waals surface area contributed by atoms with Crippen molar-refractivity contribution in [3.63, 3.8) is 0 Å². The van der Waals surface area contributed by atoms with Crippen molar-refractivity contribution in [2.24, 2.45) is 4.99 Å². The Kier molecular flexibility index (Phi) is 2.88. The van der Waals surface area contributed by atoms with Crippen molar-refractivity contribution in [2.45, 2.75) is 11.9 Å². The number of nitro benzene ring substituents is 1. The molecule has 15 heavy (non-hydrogen) atoms. The van der Waals surface area contributed by atoms with Crippen LogP contribution in [0.25, 0.3) is 0 Å². The lowest BCUT2D eigenvalue weighted by molar-refractivity contribution is -0.385. The average molecular weight is 334 g/mol. The number of halogens is 2. The van der Waals surface area contributed by atoms with Crippen molar-refractivity contribution in [3.05, 3.63) is 38.9 Å². The van der Waals surface area contributed by atoms with Gasteiger partial charge in [0.2, 0.25) is 0 Å². The van der Waals surface area contributed by atoms with Crippen molar-refractivity contribution < 1.29 is 4.92 Å². The highest BCUT2D eigenvalue weighted by Gasteiger charge is 2.21. The Morgan fingerprint density at radius 2 is 2.27 bits per heavy atom. The zero-order valence-electron chi connectivity index (χ0n) is 7.54. The first-order valence-electron chi connectivity index (χ1n) is 4.20. The summed E-state index contributed by atoms with van der Waals surface area (Å²) in [6, 6.07) is 3.41. The van der Waals surface area contributed by atoms with E-state index >= 15 is 0 Å². The fraction of sp³-hybridized carbons (Fsp3) is 0.222. The van der Waals surface area contributed by atoms with E-state index in [9.17, 15) is 10.1 Å². The van der Waals surface area contributed by atoms with E-state index in [-0.39, 0.29) is 10.6 Å². The highest BCUT2D eigenvalue weighted by Crippen LogP contribution is 2.30. The predicted octanol–water partition coefficient (Wildman–Crippen LogP) is 3.14. The minimum atomic E-state index is -0.366. The quantitative estimate of drug-likeness (QED) is 0.474. The van der Waals surface area contributed by atoms with Crippen LogP contribution in [0.4, 0.5) is 5.69 Å². The minimum Gasteiger partial charge on any atom is -0.272 e. The zero-order chi connectivity index (χ0) is 11.0. The van der Waals surface area contributed by atoms with Crippen molar-refractivity contribution in [3.8, 4) is 0 Å². The van der Waals surface area contributed by atoms with Gasteiger partial charge in [-0.25, -0.2) is 0 Å². The van der Waals surface area contributed by atoms with E-state index in [2.05, 4.69) is 36.9 Å². The molecule has 78 valence electrons. The summed E-state index contributed by atoms with van der Waals surface area (Å²) in [7, 11) is 0. The second-order valence-electron chi connectivity index (χ2n) is 3.14. The van der Waals surface area contributed by atoms with E-state index in [4.69, 9.17) is 0 Å². The molecule has 0 aromatic heterocycles. The number of hydrogen-bond donors (Lipinski definition) is 0. The van der Waals surface area contributed by atoms with E-state index < -0.39 is 0 Å². The van der Waals surface area contributed by atoms with Gasteiger partial charge in [-0.2, -0.15) is 0 Å². The highest BCUT2D eigenvalue weighted by atomic mass is 79.9. The van der Waals surface area contributed by atoms with Crippen molar-refractivity contribution >= 4 is 42.2 Å². The van der Waals surface area contributed by atoms with Crippen LogP contribution in [-0.4, -0.2) is 9.54 Å². The van der Waals surface area contributed by atoms with Gasteiger partial charge in [-0.3, -0.25) is 15.1 Å². The second-order valence-corrected chi connectivity index (χ2v) is 4.45. The molecule has 1 aromatic rings. The van der Waals surface area contributed by atoms with Gasteiger partial charge in [0.25, 0.3) is 5.69 Å². The summed E-state index contributed by atoms with van der Waals surface area (Å²) < 4.78 is 0.696. The summed E-state index contributed by atoms with van der Waals surface area (Å²) in [6.07, 6.45) is 0. The Labute approximate surface area is 103 Å². The molecule has 4 nitrogen and oxygen atoms in total. The Bertz CT molecular complexity index is 471. The lowest BCUT2D eigenvalue weighted by atomic mass is 10.1. The minimum absolute atomic E-state index is 0.139. The molecule has 6 heteroatoms. The van der Waals surface area contributed by atoms with Crippen LogP contribution in [0.1, 0.15) is 16.7 Å². The number of aliphatic imine (C=N–C) groups is 1. The van der Waals surface area contributed by atoms with E-state index in [1.807, 2.05) is 6.07 Å². The van der Waals surface area contributed by atoms with Gasteiger partial charge in [-0.1, -0.05) is 15.9 Å². The summed E-state index contributed by atoms with van der Waals surface area (Å²) in [6.45, 7) is 0.591. The second kappa shape index (κ2) is 4.02. The van der Waals surface area contributed by atoms with E-state index in [0.29, 0.717) is 22.1 Å². The maximum absolute atomic E-state index is 10.8. The molecule has 1 aromatic carbocycles. The summed E-state index contributed by atoms with van der Waals surface area (Å²) in [5, 5.41) is 11.3. The first-order valence-corrected chi connectivity index (χ1v) is 6.11. The van der Waals surface area contributed by atoms with Gasteiger partial charge in [0.15, 0.2) is 0 Å². The van der Waals surface area contributed by atoms with Crippen molar-refractivity contribution in [1.29, 1.82) is 0 Å².